The molecule has 3 unspecified atom stereocenters. The topological polar surface area (TPSA) is 71.4 Å². The number of rotatable bonds is 0. The van der Waals surface area contributed by atoms with Gasteiger partial charge < -0.3 is 5.11 Å². The highest BCUT2D eigenvalue weighted by molar-refractivity contribution is 5.99. The third-order valence-electron chi connectivity index (χ3n) is 8.96. The first-order valence-corrected chi connectivity index (χ1v) is 11.3. The molecule has 0 spiro atoms. The lowest BCUT2D eigenvalue weighted by Gasteiger charge is -2.46. The predicted octanol–water partition coefficient (Wildman–Crippen LogP) is 4.50. The van der Waals surface area contributed by atoms with Crippen molar-refractivity contribution in [2.75, 3.05) is 0 Å². The maximum absolute atomic E-state index is 11.8. The van der Waals surface area contributed by atoms with Gasteiger partial charge in [-0.2, -0.15) is 0 Å². The SMILES string of the molecule is CC12CCC(=O)C=C1CCC2=O.CC1=C2CC[C@@]3(C)C(CC[C@@H]3O)C2CCC1=O. The smallest absolute Gasteiger partial charge is 0.158 e. The zero-order valence-electron chi connectivity index (χ0n) is 18.1. The average Bonchev–Trinajstić information content (AvgIpc) is 3.16. The summed E-state index contributed by atoms with van der Waals surface area (Å²) >= 11 is 0. The normalized spacial score (nSPS) is 41.3. The number of carbonyl (C=O) groups is 3. The minimum absolute atomic E-state index is 0.119. The van der Waals surface area contributed by atoms with Crippen molar-refractivity contribution in [3.05, 3.63) is 22.8 Å². The van der Waals surface area contributed by atoms with E-state index < -0.39 is 0 Å². The molecule has 5 aliphatic carbocycles. The van der Waals surface area contributed by atoms with Gasteiger partial charge in [0.15, 0.2) is 11.6 Å². The van der Waals surface area contributed by atoms with Crippen molar-refractivity contribution in [2.45, 2.75) is 91.1 Å². The van der Waals surface area contributed by atoms with Crippen molar-refractivity contribution in [1.29, 1.82) is 0 Å². The quantitative estimate of drug-likeness (QED) is 0.652. The van der Waals surface area contributed by atoms with Crippen molar-refractivity contribution in [3.8, 4) is 0 Å². The van der Waals surface area contributed by atoms with Gasteiger partial charge in [0, 0.05) is 24.7 Å². The molecule has 0 aromatic carbocycles. The third-order valence-corrected chi connectivity index (χ3v) is 8.96. The van der Waals surface area contributed by atoms with Crippen molar-refractivity contribution in [3.63, 3.8) is 0 Å². The van der Waals surface area contributed by atoms with Crippen LogP contribution in [0.25, 0.3) is 0 Å². The number of carbonyl (C=O) groups excluding carboxylic acids is 3. The maximum Gasteiger partial charge on any atom is 0.158 e. The van der Waals surface area contributed by atoms with Crippen molar-refractivity contribution in [2.24, 2.45) is 22.7 Å². The van der Waals surface area contributed by atoms with Gasteiger partial charge in [-0.05, 0) is 87.7 Å². The third kappa shape index (κ3) is 3.28. The van der Waals surface area contributed by atoms with Crippen LogP contribution in [0.2, 0.25) is 0 Å². The molecule has 5 rings (SSSR count). The molecule has 0 saturated heterocycles. The fourth-order valence-electron chi connectivity index (χ4n) is 6.73. The summed E-state index contributed by atoms with van der Waals surface area (Å²) in [6.45, 7) is 6.25. The van der Waals surface area contributed by atoms with E-state index in [1.807, 2.05) is 13.8 Å². The van der Waals surface area contributed by atoms with E-state index in [4.69, 9.17) is 0 Å². The van der Waals surface area contributed by atoms with Crippen LogP contribution in [-0.2, 0) is 14.4 Å². The standard InChI is InChI=1S/C15H22O2.C10H12O2/c1-9-10-7-8-15(2)12(4-6-14(15)17)11(10)3-5-13(9)16;1-10-5-4-8(11)6-7(10)2-3-9(10)12/h11-12,14,17H,3-8H2,1-2H3;6H,2-5H2,1H3/t11?,12?,14-,15-;/m0./s1. The van der Waals surface area contributed by atoms with Gasteiger partial charge in [0.2, 0.25) is 0 Å². The molecule has 0 aliphatic heterocycles. The number of hydrogen-bond donors (Lipinski definition) is 1. The van der Waals surface area contributed by atoms with E-state index in [0.717, 1.165) is 62.5 Å². The zero-order chi connectivity index (χ0) is 21.0. The highest BCUT2D eigenvalue weighted by atomic mass is 16.3. The number of allylic oxidation sites excluding steroid dienone is 4. The molecule has 3 fully saturated rings. The summed E-state index contributed by atoms with van der Waals surface area (Å²) in [5.41, 5.74) is 3.40. The van der Waals surface area contributed by atoms with Crippen LogP contribution >= 0.6 is 0 Å². The number of fused-ring (bicyclic) bond motifs is 4. The molecule has 158 valence electrons. The number of aliphatic hydroxyl groups is 1. The van der Waals surface area contributed by atoms with Gasteiger partial charge in [-0.3, -0.25) is 14.4 Å². The van der Waals surface area contributed by atoms with Crippen LogP contribution in [0.5, 0.6) is 0 Å². The molecule has 0 amide bonds. The first kappa shape index (κ1) is 20.7. The molecule has 29 heavy (non-hydrogen) atoms. The fraction of sp³-hybridized carbons (Fsp3) is 0.720. The highest BCUT2D eigenvalue weighted by Gasteiger charge is 2.53. The summed E-state index contributed by atoms with van der Waals surface area (Å²) in [4.78, 5) is 34.3. The summed E-state index contributed by atoms with van der Waals surface area (Å²) in [7, 11) is 0. The minimum Gasteiger partial charge on any atom is -0.393 e. The molecule has 0 bridgehead atoms. The Morgan fingerprint density at radius 2 is 1.69 bits per heavy atom. The Labute approximate surface area is 173 Å². The summed E-state index contributed by atoms with van der Waals surface area (Å²) in [6.07, 6.45) is 10.2. The lowest BCUT2D eigenvalue weighted by Crippen LogP contribution is -2.42. The van der Waals surface area contributed by atoms with Crippen LogP contribution < -0.4 is 0 Å². The van der Waals surface area contributed by atoms with E-state index >= 15 is 0 Å². The monoisotopic (exact) mass is 398 g/mol. The molecule has 5 atom stereocenters. The number of hydrogen-bond acceptors (Lipinski definition) is 4. The Hall–Kier alpha value is -1.55. The molecule has 4 nitrogen and oxygen atoms in total. The molecular formula is C25H34O4. The summed E-state index contributed by atoms with van der Waals surface area (Å²) < 4.78 is 0. The van der Waals surface area contributed by atoms with Crippen molar-refractivity contribution in [1.82, 2.24) is 0 Å². The van der Waals surface area contributed by atoms with Crippen LogP contribution in [0.15, 0.2) is 22.8 Å². The molecule has 0 radical (unpaired) electrons. The molecule has 0 aromatic heterocycles. The van der Waals surface area contributed by atoms with E-state index in [-0.39, 0.29) is 22.7 Å². The number of Topliss-reactive ketones (excluding diaryl/α,β-unsaturated/α-hetero) is 2. The maximum atomic E-state index is 11.8. The van der Waals surface area contributed by atoms with E-state index in [2.05, 4.69) is 6.92 Å². The largest absolute Gasteiger partial charge is 0.393 e. The lowest BCUT2D eigenvalue weighted by molar-refractivity contribution is -0.125. The van der Waals surface area contributed by atoms with Crippen LogP contribution in [0.3, 0.4) is 0 Å². The average molecular weight is 399 g/mol. The second kappa shape index (κ2) is 7.30. The van der Waals surface area contributed by atoms with Crippen LogP contribution in [-0.4, -0.2) is 28.6 Å². The van der Waals surface area contributed by atoms with Gasteiger partial charge in [-0.25, -0.2) is 0 Å². The summed E-state index contributed by atoms with van der Waals surface area (Å²) in [5.74, 6) is 2.07. The Kier molecular flexibility index (Phi) is 5.21. The highest BCUT2D eigenvalue weighted by Crippen LogP contribution is 2.58. The molecule has 0 aromatic rings. The van der Waals surface area contributed by atoms with E-state index in [0.29, 0.717) is 36.2 Å². The zero-order valence-corrected chi connectivity index (χ0v) is 18.1. The fourth-order valence-corrected chi connectivity index (χ4v) is 6.73. The van der Waals surface area contributed by atoms with Gasteiger partial charge in [-0.15, -0.1) is 0 Å². The van der Waals surface area contributed by atoms with Gasteiger partial charge >= 0.3 is 0 Å². The Bertz CT molecular complexity index is 819. The van der Waals surface area contributed by atoms with Crippen LogP contribution in [0.4, 0.5) is 0 Å². The van der Waals surface area contributed by atoms with E-state index in [9.17, 15) is 19.5 Å². The predicted molar refractivity (Wildman–Crippen MR) is 111 cm³/mol. The Balaban J connectivity index is 0.000000150. The van der Waals surface area contributed by atoms with Crippen LogP contribution in [0.1, 0.15) is 85.0 Å². The summed E-state index contributed by atoms with van der Waals surface area (Å²) in [5, 5.41) is 10.2. The number of ketones is 3. The second-order valence-corrected chi connectivity index (χ2v) is 10.3. The number of aliphatic hydroxyl groups excluding tert-OH is 1. The molecule has 3 saturated carbocycles. The second-order valence-electron chi connectivity index (χ2n) is 10.3. The molecular weight excluding hydrogens is 364 g/mol. The van der Waals surface area contributed by atoms with Crippen molar-refractivity contribution >= 4 is 17.3 Å². The first-order chi connectivity index (χ1) is 13.7. The Morgan fingerprint density at radius 1 is 0.931 bits per heavy atom. The van der Waals surface area contributed by atoms with Gasteiger partial charge in [0.25, 0.3) is 0 Å². The lowest BCUT2D eigenvalue weighted by atomic mass is 9.58. The van der Waals surface area contributed by atoms with Gasteiger partial charge in [0.1, 0.15) is 5.78 Å². The minimum atomic E-state index is -0.270. The Morgan fingerprint density at radius 3 is 2.45 bits per heavy atom. The summed E-state index contributed by atoms with van der Waals surface area (Å²) in [6, 6.07) is 0. The van der Waals surface area contributed by atoms with E-state index in [1.165, 1.54) is 5.57 Å². The van der Waals surface area contributed by atoms with E-state index in [1.54, 1.807) is 6.08 Å². The molecule has 4 heteroatoms. The molecule has 1 N–H and O–H groups in total. The van der Waals surface area contributed by atoms with Gasteiger partial charge in [-0.1, -0.05) is 18.1 Å². The van der Waals surface area contributed by atoms with Gasteiger partial charge in [0.05, 0.1) is 6.10 Å². The van der Waals surface area contributed by atoms with Crippen LogP contribution in [0, 0.1) is 22.7 Å². The first-order valence-electron chi connectivity index (χ1n) is 11.3. The van der Waals surface area contributed by atoms with Crippen molar-refractivity contribution < 1.29 is 19.5 Å². The molecule has 0 heterocycles. The molecule has 5 aliphatic rings.